The summed E-state index contributed by atoms with van der Waals surface area (Å²) < 4.78 is 2.18. The zero-order valence-electron chi connectivity index (χ0n) is 25.2. The van der Waals surface area contributed by atoms with Crippen LogP contribution in [0.25, 0.3) is 93.8 Å². The average molecular weight is 600 g/mol. The van der Waals surface area contributed by atoms with E-state index in [1.807, 2.05) is 12.3 Å². The number of benzene rings is 6. The first-order valence-corrected chi connectivity index (χ1v) is 15.7. The van der Waals surface area contributed by atoms with Gasteiger partial charge in [0, 0.05) is 38.9 Å². The van der Waals surface area contributed by atoms with Crippen molar-refractivity contribution < 1.29 is 0 Å². The van der Waals surface area contributed by atoms with Gasteiger partial charge in [0.2, 0.25) is 0 Å². The van der Waals surface area contributed by atoms with Crippen molar-refractivity contribution in [3.8, 4) is 28.5 Å². The molecule has 6 aromatic carbocycles. The third kappa shape index (κ3) is 3.90. The third-order valence-corrected chi connectivity index (χ3v) is 9.25. The van der Waals surface area contributed by atoms with Gasteiger partial charge in [-0.25, -0.2) is 19.9 Å². The van der Waals surface area contributed by atoms with Crippen LogP contribution in [-0.4, -0.2) is 24.5 Å². The van der Waals surface area contributed by atoms with Crippen LogP contribution in [0.2, 0.25) is 0 Å². The lowest BCUT2D eigenvalue weighted by Gasteiger charge is -2.15. The molecule has 0 unspecified atom stereocenters. The molecule has 0 fully saturated rings. The van der Waals surface area contributed by atoms with Crippen LogP contribution in [-0.2, 0) is 0 Å². The molecule has 4 heterocycles. The van der Waals surface area contributed by atoms with E-state index in [9.17, 15) is 0 Å². The average Bonchev–Trinajstić information content (AvgIpc) is 3.48. The summed E-state index contributed by atoms with van der Waals surface area (Å²) in [7, 11) is 0. The Morgan fingerprint density at radius 1 is 0.404 bits per heavy atom. The number of pyridine rings is 2. The standard InChI is InChI=1S/C42H25N5/c1-3-14-29-26(10-1)12-7-17-31(29)36-24-22-28-21-23-35-39(38(28)44-36)45-40(33-18-8-13-27-11-2-4-15-30(27)33)46-42(35)47-37-20-6-5-16-32(37)34-19-9-25-43-41(34)47/h1-25H. The van der Waals surface area contributed by atoms with Gasteiger partial charge in [-0.05, 0) is 51.9 Å². The summed E-state index contributed by atoms with van der Waals surface area (Å²) in [6.07, 6.45) is 1.85. The van der Waals surface area contributed by atoms with Gasteiger partial charge in [-0.15, -0.1) is 0 Å². The Labute approximate surface area is 269 Å². The fraction of sp³-hybridized carbons (Fsp3) is 0. The number of hydrogen-bond acceptors (Lipinski definition) is 4. The van der Waals surface area contributed by atoms with Crippen LogP contribution in [0.3, 0.4) is 0 Å². The van der Waals surface area contributed by atoms with Crippen LogP contribution in [0.4, 0.5) is 0 Å². The lowest BCUT2D eigenvalue weighted by molar-refractivity contribution is 1.06. The number of fused-ring (bicyclic) bond motifs is 8. The molecule has 0 spiro atoms. The van der Waals surface area contributed by atoms with Crippen molar-refractivity contribution in [3.05, 3.63) is 152 Å². The molecule has 10 rings (SSSR count). The molecule has 47 heavy (non-hydrogen) atoms. The van der Waals surface area contributed by atoms with Crippen molar-refractivity contribution >= 4 is 65.3 Å². The van der Waals surface area contributed by atoms with E-state index in [0.717, 1.165) is 77.2 Å². The first-order valence-electron chi connectivity index (χ1n) is 15.7. The molecule has 0 aliphatic carbocycles. The Morgan fingerprint density at radius 2 is 1.06 bits per heavy atom. The van der Waals surface area contributed by atoms with Gasteiger partial charge >= 0.3 is 0 Å². The van der Waals surface area contributed by atoms with Crippen LogP contribution in [0.5, 0.6) is 0 Å². The van der Waals surface area contributed by atoms with Crippen molar-refractivity contribution in [2.45, 2.75) is 0 Å². The summed E-state index contributed by atoms with van der Waals surface area (Å²) in [6, 6.07) is 50.6. The molecular formula is C42H25N5. The van der Waals surface area contributed by atoms with Crippen LogP contribution in [0, 0.1) is 0 Å². The van der Waals surface area contributed by atoms with Crippen molar-refractivity contribution in [1.82, 2.24) is 24.5 Å². The second kappa shape index (κ2) is 10.0. The summed E-state index contributed by atoms with van der Waals surface area (Å²) >= 11 is 0. The van der Waals surface area contributed by atoms with E-state index < -0.39 is 0 Å². The minimum Gasteiger partial charge on any atom is -0.277 e. The van der Waals surface area contributed by atoms with E-state index in [0.29, 0.717) is 5.82 Å². The number of rotatable bonds is 3. The Bertz CT molecular complexity index is 2800. The number of hydrogen-bond donors (Lipinski definition) is 0. The molecule has 0 bridgehead atoms. The smallest absolute Gasteiger partial charge is 0.162 e. The van der Waals surface area contributed by atoms with Crippen LogP contribution >= 0.6 is 0 Å². The highest BCUT2D eigenvalue weighted by molar-refractivity contribution is 6.12. The van der Waals surface area contributed by atoms with Gasteiger partial charge in [0.05, 0.1) is 16.7 Å². The zero-order chi connectivity index (χ0) is 30.9. The molecule has 218 valence electrons. The van der Waals surface area contributed by atoms with Crippen molar-refractivity contribution in [1.29, 1.82) is 0 Å². The van der Waals surface area contributed by atoms with Crippen LogP contribution < -0.4 is 0 Å². The summed E-state index contributed by atoms with van der Waals surface area (Å²) in [5.74, 6) is 1.43. The molecule has 0 aliphatic heterocycles. The molecule has 5 heteroatoms. The molecule has 0 saturated carbocycles. The Kier molecular flexibility index (Phi) is 5.51. The van der Waals surface area contributed by atoms with Crippen LogP contribution in [0.1, 0.15) is 0 Å². The van der Waals surface area contributed by atoms with Gasteiger partial charge in [0.15, 0.2) is 11.6 Å². The monoisotopic (exact) mass is 599 g/mol. The minimum absolute atomic E-state index is 0.649. The highest BCUT2D eigenvalue weighted by atomic mass is 15.1. The first kappa shape index (κ1) is 25.8. The normalized spacial score (nSPS) is 11.8. The van der Waals surface area contributed by atoms with E-state index in [4.69, 9.17) is 19.9 Å². The Balaban J connectivity index is 1.35. The Hall–Kier alpha value is -6.46. The van der Waals surface area contributed by atoms with Crippen molar-refractivity contribution in [2.24, 2.45) is 0 Å². The predicted octanol–water partition coefficient (Wildman–Crippen LogP) is 10.3. The lowest BCUT2D eigenvalue weighted by atomic mass is 10.0. The molecule has 4 aromatic heterocycles. The summed E-state index contributed by atoms with van der Waals surface area (Å²) in [5, 5.41) is 8.75. The topological polar surface area (TPSA) is 56.5 Å². The fourth-order valence-corrected chi connectivity index (χ4v) is 7.08. The molecule has 0 radical (unpaired) electrons. The van der Waals surface area contributed by atoms with Gasteiger partial charge in [-0.2, -0.15) is 0 Å². The second-order valence-electron chi connectivity index (χ2n) is 11.9. The van der Waals surface area contributed by atoms with Gasteiger partial charge in [-0.1, -0.05) is 115 Å². The maximum absolute atomic E-state index is 5.38. The zero-order valence-corrected chi connectivity index (χ0v) is 25.2. The summed E-state index contributed by atoms with van der Waals surface area (Å²) in [6.45, 7) is 0. The molecule has 0 saturated heterocycles. The van der Waals surface area contributed by atoms with Crippen molar-refractivity contribution in [2.75, 3.05) is 0 Å². The molecule has 10 aromatic rings. The number of para-hydroxylation sites is 1. The number of nitrogens with zero attached hydrogens (tertiary/aromatic N) is 5. The predicted molar refractivity (Wildman–Crippen MR) is 193 cm³/mol. The molecule has 0 N–H and O–H groups in total. The van der Waals surface area contributed by atoms with Gasteiger partial charge in [-0.3, -0.25) is 4.57 Å². The fourth-order valence-electron chi connectivity index (χ4n) is 7.08. The van der Waals surface area contributed by atoms with Crippen molar-refractivity contribution in [3.63, 3.8) is 0 Å². The quantitative estimate of drug-likeness (QED) is 0.190. The SMILES string of the molecule is c1ccc2c(-c3ccc4ccc5c(-n6c7ccccc7c7cccnc76)nc(-c6cccc7ccccc67)nc5c4n3)cccc2c1. The number of aromatic nitrogens is 5. The van der Waals surface area contributed by atoms with Crippen LogP contribution in [0.15, 0.2) is 152 Å². The van der Waals surface area contributed by atoms with Gasteiger partial charge in [0.1, 0.15) is 11.2 Å². The van der Waals surface area contributed by atoms with Gasteiger partial charge < -0.3 is 0 Å². The van der Waals surface area contributed by atoms with E-state index in [2.05, 4.69) is 144 Å². The molecular weight excluding hydrogens is 574 g/mol. The summed E-state index contributed by atoms with van der Waals surface area (Å²) in [4.78, 5) is 21.0. The maximum atomic E-state index is 5.38. The lowest BCUT2D eigenvalue weighted by Crippen LogP contribution is -2.04. The largest absolute Gasteiger partial charge is 0.277 e. The van der Waals surface area contributed by atoms with E-state index in [1.165, 1.54) is 10.8 Å². The summed E-state index contributed by atoms with van der Waals surface area (Å²) in [5.41, 5.74) is 6.52. The Morgan fingerprint density at radius 3 is 1.89 bits per heavy atom. The highest BCUT2D eigenvalue weighted by Crippen LogP contribution is 2.37. The molecule has 0 aliphatic rings. The second-order valence-corrected chi connectivity index (χ2v) is 11.9. The van der Waals surface area contributed by atoms with Gasteiger partial charge in [0.25, 0.3) is 0 Å². The van der Waals surface area contributed by atoms with E-state index in [1.54, 1.807) is 0 Å². The highest BCUT2D eigenvalue weighted by Gasteiger charge is 2.21. The maximum Gasteiger partial charge on any atom is 0.162 e. The minimum atomic E-state index is 0.649. The van der Waals surface area contributed by atoms with E-state index >= 15 is 0 Å². The first-order chi connectivity index (χ1) is 23.3. The van der Waals surface area contributed by atoms with E-state index in [-0.39, 0.29) is 0 Å². The third-order valence-electron chi connectivity index (χ3n) is 9.25. The molecule has 0 amide bonds. The molecule has 0 atom stereocenters. The molecule has 5 nitrogen and oxygen atoms in total.